The number of hydrogen-bond acceptors (Lipinski definition) is 2. The Morgan fingerprint density at radius 1 is 1.22 bits per heavy atom. The van der Waals surface area contributed by atoms with Gasteiger partial charge in [0.1, 0.15) is 0 Å². The molecular formula is C23H32BrNO2. The zero-order chi connectivity index (χ0) is 19.6. The van der Waals surface area contributed by atoms with Crippen molar-refractivity contribution < 1.29 is 9.59 Å². The summed E-state index contributed by atoms with van der Waals surface area (Å²) in [5.41, 5.74) is 2.88. The molecule has 0 N–H and O–H groups in total. The maximum absolute atomic E-state index is 13.3. The number of ketones is 1. The number of hydrogen-bond donors (Lipinski definition) is 0. The summed E-state index contributed by atoms with van der Waals surface area (Å²) in [5, 5.41) is 0. The molecule has 0 bridgehead atoms. The molecule has 3 nitrogen and oxygen atoms in total. The first kappa shape index (κ1) is 20.6. The number of anilines is 1. The van der Waals surface area contributed by atoms with Gasteiger partial charge in [-0.25, -0.2) is 0 Å². The molecule has 0 saturated heterocycles. The van der Waals surface area contributed by atoms with Gasteiger partial charge in [-0.3, -0.25) is 9.59 Å². The van der Waals surface area contributed by atoms with E-state index in [2.05, 4.69) is 29.8 Å². The molecule has 4 heteroatoms. The molecule has 1 fully saturated rings. The topological polar surface area (TPSA) is 37.4 Å². The highest BCUT2D eigenvalue weighted by atomic mass is 79.9. The monoisotopic (exact) mass is 433 g/mol. The highest BCUT2D eigenvalue weighted by Crippen LogP contribution is 2.38. The van der Waals surface area contributed by atoms with E-state index in [0.717, 1.165) is 42.0 Å². The van der Waals surface area contributed by atoms with Gasteiger partial charge in [0.05, 0.1) is 4.83 Å². The molecule has 1 heterocycles. The molecular weight excluding hydrogens is 402 g/mol. The number of fused-ring (bicyclic) bond motifs is 1. The summed E-state index contributed by atoms with van der Waals surface area (Å²) < 4.78 is 0. The third kappa shape index (κ3) is 4.47. The van der Waals surface area contributed by atoms with Gasteiger partial charge in [0.2, 0.25) is 5.91 Å². The molecule has 1 aliphatic heterocycles. The fraction of sp³-hybridized carbons (Fsp3) is 0.652. The molecule has 1 aromatic rings. The van der Waals surface area contributed by atoms with Crippen LogP contribution in [0.5, 0.6) is 0 Å². The van der Waals surface area contributed by atoms with Gasteiger partial charge in [0.25, 0.3) is 0 Å². The molecule has 0 aromatic heterocycles. The molecule has 27 heavy (non-hydrogen) atoms. The number of benzene rings is 1. The van der Waals surface area contributed by atoms with Crippen LogP contribution < -0.4 is 4.90 Å². The lowest BCUT2D eigenvalue weighted by Gasteiger charge is -2.32. The second-order valence-corrected chi connectivity index (χ2v) is 9.82. The normalized spacial score (nSPS) is 25.9. The van der Waals surface area contributed by atoms with Crippen molar-refractivity contribution in [3.8, 4) is 0 Å². The van der Waals surface area contributed by atoms with Crippen LogP contribution in [0.3, 0.4) is 0 Å². The molecule has 3 rings (SSSR count). The third-order valence-corrected chi connectivity index (χ3v) is 6.76. The molecule has 1 saturated carbocycles. The lowest BCUT2D eigenvalue weighted by Crippen LogP contribution is -2.41. The molecule has 2 atom stereocenters. The van der Waals surface area contributed by atoms with Crippen molar-refractivity contribution in [2.24, 2.45) is 11.8 Å². The van der Waals surface area contributed by atoms with E-state index in [4.69, 9.17) is 0 Å². The molecule has 1 aliphatic carbocycles. The first-order valence-corrected chi connectivity index (χ1v) is 11.5. The number of alkyl halides is 1. The van der Waals surface area contributed by atoms with Crippen LogP contribution in [0.1, 0.15) is 81.6 Å². The van der Waals surface area contributed by atoms with Gasteiger partial charge in [-0.1, -0.05) is 42.1 Å². The SMILES string of the molecule is CCCCC1CCC(C(=O)N2c3ccc(C(=O)C(C)Br)cc3CC2C)CC1. The fourth-order valence-corrected chi connectivity index (χ4v) is 5.00. The van der Waals surface area contributed by atoms with E-state index in [0.29, 0.717) is 5.91 Å². The van der Waals surface area contributed by atoms with Crippen LogP contribution in [-0.4, -0.2) is 22.6 Å². The Balaban J connectivity index is 1.70. The zero-order valence-electron chi connectivity index (χ0n) is 16.8. The van der Waals surface area contributed by atoms with Crippen molar-refractivity contribution in [3.05, 3.63) is 29.3 Å². The van der Waals surface area contributed by atoms with Crippen molar-refractivity contribution in [2.75, 3.05) is 4.90 Å². The van der Waals surface area contributed by atoms with Crippen LogP contribution in [0, 0.1) is 11.8 Å². The van der Waals surface area contributed by atoms with Crippen LogP contribution in [0.25, 0.3) is 0 Å². The Morgan fingerprint density at radius 2 is 1.93 bits per heavy atom. The van der Waals surface area contributed by atoms with E-state index in [1.165, 1.54) is 32.1 Å². The van der Waals surface area contributed by atoms with E-state index >= 15 is 0 Å². The maximum atomic E-state index is 13.3. The standard InChI is InChI=1S/C23H32BrNO2/c1-4-5-6-17-7-9-18(10-8-17)23(27)25-15(2)13-20-14-19(11-12-21(20)25)22(26)16(3)24/h11-12,14-18H,4-10,13H2,1-3H3. The molecule has 0 spiro atoms. The summed E-state index contributed by atoms with van der Waals surface area (Å²) in [6, 6.07) is 6.02. The highest BCUT2D eigenvalue weighted by Gasteiger charge is 2.36. The van der Waals surface area contributed by atoms with Crippen LogP contribution in [0.15, 0.2) is 18.2 Å². The minimum atomic E-state index is -0.185. The van der Waals surface area contributed by atoms with Crippen molar-refractivity contribution in [3.63, 3.8) is 0 Å². The lowest BCUT2D eigenvalue weighted by molar-refractivity contribution is -0.123. The minimum Gasteiger partial charge on any atom is -0.309 e. The summed E-state index contributed by atoms with van der Waals surface area (Å²) in [7, 11) is 0. The highest BCUT2D eigenvalue weighted by molar-refractivity contribution is 9.10. The molecule has 2 aliphatic rings. The minimum absolute atomic E-state index is 0.0978. The van der Waals surface area contributed by atoms with Gasteiger partial charge in [0, 0.05) is 23.2 Å². The van der Waals surface area contributed by atoms with Gasteiger partial charge in [-0.2, -0.15) is 0 Å². The van der Waals surface area contributed by atoms with Crippen LogP contribution >= 0.6 is 15.9 Å². The lowest BCUT2D eigenvalue weighted by atomic mass is 9.79. The first-order chi connectivity index (χ1) is 12.9. The van der Waals surface area contributed by atoms with Crippen molar-refractivity contribution in [2.45, 2.75) is 83.0 Å². The average Bonchev–Trinajstić information content (AvgIpc) is 3.00. The van der Waals surface area contributed by atoms with Crippen LogP contribution in [0.2, 0.25) is 0 Å². The summed E-state index contributed by atoms with van der Waals surface area (Å²) in [6.07, 6.45) is 9.19. The van der Waals surface area contributed by atoms with E-state index < -0.39 is 0 Å². The summed E-state index contributed by atoms with van der Waals surface area (Å²) in [4.78, 5) is 27.4. The number of rotatable bonds is 6. The summed E-state index contributed by atoms with van der Waals surface area (Å²) >= 11 is 3.36. The molecule has 1 amide bonds. The largest absolute Gasteiger partial charge is 0.309 e. The number of unbranched alkanes of at least 4 members (excludes halogenated alkanes) is 1. The molecule has 1 aromatic carbocycles. The van der Waals surface area contributed by atoms with Gasteiger partial charge in [-0.05, 0) is 75.6 Å². The number of carbonyl (C=O) groups is 2. The predicted molar refractivity (Wildman–Crippen MR) is 115 cm³/mol. The third-order valence-electron chi connectivity index (χ3n) is 6.34. The van der Waals surface area contributed by atoms with Crippen molar-refractivity contribution in [1.82, 2.24) is 0 Å². The smallest absolute Gasteiger partial charge is 0.230 e. The van der Waals surface area contributed by atoms with E-state index in [1.54, 1.807) is 0 Å². The second-order valence-electron chi connectivity index (χ2n) is 8.45. The van der Waals surface area contributed by atoms with Gasteiger partial charge >= 0.3 is 0 Å². The van der Waals surface area contributed by atoms with Gasteiger partial charge in [0.15, 0.2) is 5.78 Å². The maximum Gasteiger partial charge on any atom is 0.230 e. The number of amides is 1. The summed E-state index contributed by atoms with van der Waals surface area (Å²) in [5.74, 6) is 1.38. The van der Waals surface area contributed by atoms with E-state index in [9.17, 15) is 9.59 Å². The first-order valence-electron chi connectivity index (χ1n) is 10.6. The second kappa shape index (κ2) is 8.89. The van der Waals surface area contributed by atoms with E-state index in [1.807, 2.05) is 30.0 Å². The van der Waals surface area contributed by atoms with Crippen molar-refractivity contribution in [1.29, 1.82) is 0 Å². The predicted octanol–water partition coefficient (Wildman–Crippen LogP) is 5.93. The van der Waals surface area contributed by atoms with Crippen molar-refractivity contribution >= 4 is 33.3 Å². The zero-order valence-corrected chi connectivity index (χ0v) is 18.4. The number of halogens is 1. The molecule has 2 unspecified atom stereocenters. The van der Waals surface area contributed by atoms with Crippen LogP contribution in [0.4, 0.5) is 5.69 Å². The van der Waals surface area contributed by atoms with Crippen LogP contribution in [-0.2, 0) is 11.2 Å². The number of Topliss-reactive ketones (excluding diaryl/α,β-unsaturated/α-hetero) is 1. The Bertz CT molecular complexity index is 692. The fourth-order valence-electron chi connectivity index (χ4n) is 4.74. The Morgan fingerprint density at radius 3 is 2.56 bits per heavy atom. The van der Waals surface area contributed by atoms with Gasteiger partial charge in [-0.15, -0.1) is 0 Å². The van der Waals surface area contributed by atoms with Gasteiger partial charge < -0.3 is 4.90 Å². The quantitative estimate of drug-likeness (QED) is 0.411. The molecule has 148 valence electrons. The molecule has 0 radical (unpaired) electrons. The number of carbonyl (C=O) groups excluding carboxylic acids is 2. The average molecular weight is 434 g/mol. The summed E-state index contributed by atoms with van der Waals surface area (Å²) in [6.45, 7) is 6.23. The number of nitrogens with zero attached hydrogens (tertiary/aromatic N) is 1. The van der Waals surface area contributed by atoms with E-state index in [-0.39, 0.29) is 22.6 Å². The Kier molecular flexibility index (Phi) is 6.78. The Labute approximate surface area is 172 Å². The Hall–Kier alpha value is -1.16.